The van der Waals surface area contributed by atoms with E-state index in [1.54, 1.807) is 20.3 Å². The number of benzene rings is 1. The van der Waals surface area contributed by atoms with Gasteiger partial charge in [-0.3, -0.25) is 4.79 Å². The molecule has 33 heavy (non-hydrogen) atoms. The maximum atomic E-state index is 12.9. The highest BCUT2D eigenvalue weighted by Gasteiger charge is 2.25. The second kappa shape index (κ2) is 12.2. The van der Waals surface area contributed by atoms with Crippen molar-refractivity contribution in [1.82, 2.24) is 20.1 Å². The highest BCUT2D eigenvalue weighted by molar-refractivity contribution is 7.80. The summed E-state index contributed by atoms with van der Waals surface area (Å²) in [5.41, 5.74) is 1.34. The van der Waals surface area contributed by atoms with Crippen molar-refractivity contribution in [3.05, 3.63) is 34.1 Å². The lowest BCUT2D eigenvalue weighted by Crippen LogP contribution is -2.46. The van der Waals surface area contributed by atoms with Crippen molar-refractivity contribution in [1.29, 1.82) is 0 Å². The zero-order valence-electron chi connectivity index (χ0n) is 20.4. The SMILES string of the molecule is CCN(CC)CCCNC(=S)N(Cc1cc2cc(OC)c(OC)cc2[nH]c1=O)C1CCCC1. The Morgan fingerprint density at radius 2 is 1.79 bits per heavy atom. The lowest BCUT2D eigenvalue weighted by Gasteiger charge is -2.32. The number of H-pyrrole nitrogens is 1. The Labute approximate surface area is 202 Å². The Hall–Kier alpha value is -2.32. The van der Waals surface area contributed by atoms with Gasteiger partial charge in [-0.1, -0.05) is 26.7 Å². The van der Waals surface area contributed by atoms with E-state index in [2.05, 4.69) is 33.9 Å². The van der Waals surface area contributed by atoms with E-state index in [9.17, 15) is 4.79 Å². The molecule has 1 fully saturated rings. The summed E-state index contributed by atoms with van der Waals surface area (Å²) in [6.45, 7) is 8.90. The van der Waals surface area contributed by atoms with Crippen LogP contribution in [-0.2, 0) is 6.54 Å². The van der Waals surface area contributed by atoms with Crippen LogP contribution in [0.25, 0.3) is 10.9 Å². The molecular weight excluding hydrogens is 436 g/mol. The molecule has 1 heterocycles. The van der Waals surface area contributed by atoms with E-state index in [0.717, 1.165) is 61.5 Å². The summed E-state index contributed by atoms with van der Waals surface area (Å²) in [7, 11) is 3.20. The first kappa shape index (κ1) is 25.3. The second-order valence-electron chi connectivity index (χ2n) is 8.60. The largest absolute Gasteiger partial charge is 0.493 e. The van der Waals surface area contributed by atoms with Crippen LogP contribution in [0.5, 0.6) is 11.5 Å². The van der Waals surface area contributed by atoms with Gasteiger partial charge < -0.3 is 29.6 Å². The van der Waals surface area contributed by atoms with Crippen LogP contribution < -0.4 is 20.3 Å². The fraction of sp³-hybridized carbons (Fsp3) is 0.600. The minimum absolute atomic E-state index is 0.0953. The van der Waals surface area contributed by atoms with E-state index in [1.807, 2.05) is 12.1 Å². The molecule has 2 N–H and O–H groups in total. The van der Waals surface area contributed by atoms with Gasteiger partial charge in [0.05, 0.1) is 26.3 Å². The van der Waals surface area contributed by atoms with E-state index >= 15 is 0 Å². The Bertz CT molecular complexity index is 984. The maximum absolute atomic E-state index is 12.9. The van der Waals surface area contributed by atoms with E-state index in [-0.39, 0.29) is 5.56 Å². The number of hydrogen-bond donors (Lipinski definition) is 2. The number of hydrogen-bond acceptors (Lipinski definition) is 5. The highest BCUT2D eigenvalue weighted by atomic mass is 32.1. The summed E-state index contributed by atoms with van der Waals surface area (Å²) < 4.78 is 10.8. The van der Waals surface area contributed by atoms with Crippen LogP contribution in [0.1, 0.15) is 51.5 Å². The van der Waals surface area contributed by atoms with Gasteiger partial charge in [-0.15, -0.1) is 0 Å². The summed E-state index contributed by atoms with van der Waals surface area (Å²) >= 11 is 5.81. The summed E-state index contributed by atoms with van der Waals surface area (Å²) in [6, 6.07) is 6.02. The molecule has 0 atom stereocenters. The minimum atomic E-state index is -0.0953. The fourth-order valence-corrected chi connectivity index (χ4v) is 4.92. The third-order valence-electron chi connectivity index (χ3n) is 6.61. The standard InChI is InChI=1S/C25H38N4O3S/c1-5-28(6-2)13-9-12-26-25(33)29(20-10-7-8-11-20)17-19-14-18-15-22(31-3)23(32-4)16-21(18)27-24(19)30/h14-16,20H,5-13,17H2,1-4H3,(H,26,33)(H,27,30). The predicted octanol–water partition coefficient (Wildman–Crippen LogP) is 3.90. The molecule has 2 aromatic rings. The van der Waals surface area contributed by atoms with Crippen molar-refractivity contribution < 1.29 is 9.47 Å². The van der Waals surface area contributed by atoms with Gasteiger partial charge in [-0.05, 0) is 63.2 Å². The van der Waals surface area contributed by atoms with Gasteiger partial charge in [0.25, 0.3) is 5.56 Å². The van der Waals surface area contributed by atoms with Crippen molar-refractivity contribution in [3.8, 4) is 11.5 Å². The number of aromatic amines is 1. The zero-order valence-corrected chi connectivity index (χ0v) is 21.2. The number of methoxy groups -OCH3 is 2. The van der Waals surface area contributed by atoms with Gasteiger partial charge in [0, 0.05) is 29.6 Å². The van der Waals surface area contributed by atoms with Crippen LogP contribution in [0.4, 0.5) is 0 Å². The Morgan fingerprint density at radius 3 is 2.42 bits per heavy atom. The molecule has 1 aliphatic carbocycles. The Morgan fingerprint density at radius 1 is 1.12 bits per heavy atom. The summed E-state index contributed by atoms with van der Waals surface area (Å²) in [5, 5.41) is 5.11. The van der Waals surface area contributed by atoms with Gasteiger partial charge in [0.2, 0.25) is 0 Å². The summed E-state index contributed by atoms with van der Waals surface area (Å²) in [5.74, 6) is 1.23. The number of nitrogens with zero attached hydrogens (tertiary/aromatic N) is 2. The molecule has 7 nitrogen and oxygen atoms in total. The van der Waals surface area contributed by atoms with Gasteiger partial charge in [-0.25, -0.2) is 0 Å². The predicted molar refractivity (Wildman–Crippen MR) is 138 cm³/mol. The van der Waals surface area contributed by atoms with E-state index in [4.69, 9.17) is 21.7 Å². The first-order valence-electron chi connectivity index (χ1n) is 12.0. The third-order valence-corrected chi connectivity index (χ3v) is 6.99. The quantitative estimate of drug-likeness (QED) is 0.378. The summed E-state index contributed by atoms with van der Waals surface area (Å²) in [6.07, 6.45) is 5.67. The Balaban J connectivity index is 1.77. The number of rotatable bonds is 11. The van der Waals surface area contributed by atoms with Crippen molar-refractivity contribution >= 4 is 28.2 Å². The Kier molecular flexibility index (Phi) is 9.38. The first-order valence-corrected chi connectivity index (χ1v) is 12.5. The van der Waals surface area contributed by atoms with Crippen molar-refractivity contribution in [2.24, 2.45) is 0 Å². The van der Waals surface area contributed by atoms with Crippen LogP contribution in [0.3, 0.4) is 0 Å². The molecule has 1 aromatic carbocycles. The van der Waals surface area contributed by atoms with Crippen molar-refractivity contribution in [3.63, 3.8) is 0 Å². The van der Waals surface area contributed by atoms with Crippen LogP contribution >= 0.6 is 12.2 Å². The van der Waals surface area contributed by atoms with E-state index in [0.29, 0.717) is 29.6 Å². The molecule has 0 bridgehead atoms. The van der Waals surface area contributed by atoms with Gasteiger partial charge in [-0.2, -0.15) is 0 Å². The number of aromatic nitrogens is 1. The molecule has 0 spiro atoms. The number of thiocarbonyl (C=S) groups is 1. The van der Waals surface area contributed by atoms with Gasteiger partial charge in [0.15, 0.2) is 16.6 Å². The molecule has 0 saturated heterocycles. The zero-order chi connectivity index (χ0) is 23.8. The van der Waals surface area contributed by atoms with Crippen LogP contribution in [0.2, 0.25) is 0 Å². The average molecular weight is 475 g/mol. The highest BCUT2D eigenvalue weighted by Crippen LogP contribution is 2.31. The van der Waals surface area contributed by atoms with E-state index in [1.165, 1.54) is 12.8 Å². The molecule has 8 heteroatoms. The molecule has 0 amide bonds. The van der Waals surface area contributed by atoms with Crippen molar-refractivity contribution in [2.75, 3.05) is 40.4 Å². The van der Waals surface area contributed by atoms with Crippen LogP contribution in [0.15, 0.2) is 23.0 Å². The normalized spacial score (nSPS) is 14.1. The van der Waals surface area contributed by atoms with Gasteiger partial charge >= 0.3 is 0 Å². The third kappa shape index (κ3) is 6.38. The number of pyridine rings is 1. The van der Waals surface area contributed by atoms with Crippen molar-refractivity contribution in [2.45, 2.75) is 58.5 Å². The first-order chi connectivity index (χ1) is 16.0. The lowest BCUT2D eigenvalue weighted by atomic mass is 10.1. The average Bonchev–Trinajstić information content (AvgIpc) is 3.36. The maximum Gasteiger partial charge on any atom is 0.253 e. The molecule has 3 rings (SSSR count). The number of ether oxygens (including phenoxy) is 2. The van der Waals surface area contributed by atoms with Crippen LogP contribution in [0, 0.1) is 0 Å². The van der Waals surface area contributed by atoms with Crippen LogP contribution in [-0.4, -0.2) is 66.3 Å². The molecule has 1 aromatic heterocycles. The monoisotopic (exact) mass is 474 g/mol. The minimum Gasteiger partial charge on any atom is -0.493 e. The molecule has 0 unspecified atom stereocenters. The molecule has 1 aliphatic rings. The lowest BCUT2D eigenvalue weighted by molar-refractivity contribution is 0.291. The molecule has 0 radical (unpaired) electrons. The molecule has 0 aliphatic heterocycles. The van der Waals surface area contributed by atoms with E-state index < -0.39 is 0 Å². The fourth-order valence-electron chi connectivity index (χ4n) is 4.60. The number of fused-ring (bicyclic) bond motifs is 1. The molecule has 182 valence electrons. The molecule has 1 saturated carbocycles. The molecular formula is C25H38N4O3S. The summed E-state index contributed by atoms with van der Waals surface area (Å²) in [4.78, 5) is 20.6. The number of nitrogens with one attached hydrogen (secondary N) is 2. The second-order valence-corrected chi connectivity index (χ2v) is 8.98. The smallest absolute Gasteiger partial charge is 0.253 e. The topological polar surface area (TPSA) is 69.8 Å². The van der Waals surface area contributed by atoms with Gasteiger partial charge in [0.1, 0.15) is 0 Å².